The van der Waals surface area contributed by atoms with E-state index in [0.717, 1.165) is 28.0 Å². The molecule has 6 aromatic rings. The summed E-state index contributed by atoms with van der Waals surface area (Å²) in [5.74, 6) is 0.172. The number of imidazole rings is 1. The molecule has 0 bridgehead atoms. The summed E-state index contributed by atoms with van der Waals surface area (Å²) >= 11 is 0. The third kappa shape index (κ3) is 3.76. The van der Waals surface area contributed by atoms with Crippen molar-refractivity contribution >= 4 is 27.8 Å². The van der Waals surface area contributed by atoms with Crippen molar-refractivity contribution in [2.45, 2.75) is 19.9 Å². The number of hydrogen-bond acceptors (Lipinski definition) is 6. The molecule has 0 aliphatic carbocycles. The van der Waals surface area contributed by atoms with Gasteiger partial charge >= 0.3 is 0 Å². The van der Waals surface area contributed by atoms with Crippen LogP contribution in [0.25, 0.3) is 56.1 Å². The molecule has 9 heteroatoms. The lowest BCUT2D eigenvalue weighted by Crippen LogP contribution is -2.09. The van der Waals surface area contributed by atoms with Crippen LogP contribution >= 0.6 is 0 Å². The van der Waals surface area contributed by atoms with Crippen LogP contribution in [-0.4, -0.2) is 41.2 Å². The third-order valence-corrected chi connectivity index (χ3v) is 5.65. The van der Waals surface area contributed by atoms with Gasteiger partial charge in [0.2, 0.25) is 0 Å². The Balaban J connectivity index is 1.46. The molecule has 0 saturated heterocycles. The number of fused-ring (bicyclic) bond motifs is 2. The van der Waals surface area contributed by atoms with Crippen LogP contribution < -0.4 is 5.32 Å². The summed E-state index contributed by atoms with van der Waals surface area (Å²) in [6.45, 7) is 4.16. The van der Waals surface area contributed by atoms with E-state index in [4.69, 9.17) is 9.97 Å². The Morgan fingerprint density at radius 3 is 2.63 bits per heavy atom. The van der Waals surface area contributed by atoms with Gasteiger partial charge in [-0.1, -0.05) is 12.1 Å². The Labute approximate surface area is 199 Å². The van der Waals surface area contributed by atoms with E-state index in [0.29, 0.717) is 39.9 Å². The van der Waals surface area contributed by atoms with Crippen molar-refractivity contribution in [2.24, 2.45) is 0 Å². The maximum absolute atomic E-state index is 14.5. The Morgan fingerprint density at radius 1 is 0.914 bits per heavy atom. The van der Waals surface area contributed by atoms with Crippen molar-refractivity contribution < 1.29 is 4.39 Å². The average Bonchev–Trinajstić information content (AvgIpc) is 3.47. The quantitative estimate of drug-likeness (QED) is 0.307. The molecule has 0 amide bonds. The van der Waals surface area contributed by atoms with Crippen molar-refractivity contribution in [1.29, 1.82) is 0 Å². The molecular weight excluding hydrogens is 443 g/mol. The number of nitrogens with one attached hydrogen (secondary N) is 3. The van der Waals surface area contributed by atoms with Gasteiger partial charge in [0.05, 0.1) is 22.4 Å². The number of nitrogens with zero attached hydrogens (tertiary/aromatic N) is 5. The molecule has 35 heavy (non-hydrogen) atoms. The number of aromatic amines is 2. The lowest BCUT2D eigenvalue weighted by atomic mass is 10.1. The van der Waals surface area contributed by atoms with E-state index in [-0.39, 0.29) is 5.82 Å². The molecule has 0 aliphatic rings. The lowest BCUT2D eigenvalue weighted by molar-refractivity contribution is 0.631. The molecular formula is C26H21FN8. The fraction of sp³-hybridized carbons (Fsp3) is 0.115. The van der Waals surface area contributed by atoms with E-state index < -0.39 is 0 Å². The highest BCUT2D eigenvalue weighted by molar-refractivity contribution is 5.95. The fourth-order valence-corrected chi connectivity index (χ4v) is 4.11. The smallest absolute Gasteiger partial charge is 0.161 e. The van der Waals surface area contributed by atoms with Gasteiger partial charge in [-0.2, -0.15) is 5.10 Å². The predicted octanol–water partition coefficient (Wildman–Crippen LogP) is 5.58. The minimum Gasteiger partial charge on any atom is -0.382 e. The summed E-state index contributed by atoms with van der Waals surface area (Å²) < 4.78 is 14.5. The summed E-state index contributed by atoms with van der Waals surface area (Å²) in [6.07, 6.45) is 5.21. The number of anilines is 1. The summed E-state index contributed by atoms with van der Waals surface area (Å²) in [7, 11) is 0. The molecule has 5 heterocycles. The average molecular weight is 465 g/mol. The predicted molar refractivity (Wildman–Crippen MR) is 134 cm³/mol. The van der Waals surface area contributed by atoms with Crippen molar-refractivity contribution in [1.82, 2.24) is 35.1 Å². The van der Waals surface area contributed by atoms with Crippen LogP contribution in [0.5, 0.6) is 0 Å². The molecule has 0 saturated carbocycles. The highest BCUT2D eigenvalue weighted by Crippen LogP contribution is 2.31. The van der Waals surface area contributed by atoms with E-state index in [1.54, 1.807) is 36.8 Å². The van der Waals surface area contributed by atoms with Gasteiger partial charge < -0.3 is 10.3 Å². The summed E-state index contributed by atoms with van der Waals surface area (Å²) in [6, 6.07) is 14.5. The minimum absolute atomic E-state index is 0.291. The Kier molecular flexibility index (Phi) is 4.95. The summed E-state index contributed by atoms with van der Waals surface area (Å²) in [5, 5.41) is 10.9. The zero-order valence-corrected chi connectivity index (χ0v) is 19.0. The van der Waals surface area contributed by atoms with Gasteiger partial charge in [0.1, 0.15) is 22.5 Å². The highest BCUT2D eigenvalue weighted by Gasteiger charge is 2.18. The lowest BCUT2D eigenvalue weighted by Gasteiger charge is -2.10. The second-order valence-corrected chi connectivity index (χ2v) is 8.55. The topological polar surface area (TPSA) is 108 Å². The van der Waals surface area contributed by atoms with Gasteiger partial charge in [-0.25, -0.2) is 14.4 Å². The molecule has 5 aromatic heterocycles. The molecule has 0 radical (unpaired) electrons. The summed E-state index contributed by atoms with van der Waals surface area (Å²) in [5.41, 5.74) is 6.77. The van der Waals surface area contributed by atoms with Crippen LogP contribution in [0.3, 0.4) is 0 Å². The van der Waals surface area contributed by atoms with Gasteiger partial charge in [0.25, 0.3) is 0 Å². The number of rotatable bonds is 5. The molecule has 1 aromatic carbocycles. The van der Waals surface area contributed by atoms with Crippen molar-refractivity contribution in [3.8, 4) is 34.0 Å². The number of H-pyrrole nitrogens is 2. The first-order valence-electron chi connectivity index (χ1n) is 11.2. The Bertz CT molecular complexity index is 1680. The van der Waals surface area contributed by atoms with E-state index in [1.165, 1.54) is 6.07 Å². The Hall–Kier alpha value is -4.66. The molecule has 0 aliphatic heterocycles. The van der Waals surface area contributed by atoms with Crippen LogP contribution in [0.15, 0.2) is 67.1 Å². The monoisotopic (exact) mass is 464 g/mol. The SMILES string of the molecule is CC(C)Nc1cncc(-c2ccc3[nH]nc(-c4nc5c(-c6ccccc6F)nccc5[nH]4)c3n2)c1. The maximum atomic E-state index is 14.5. The first-order chi connectivity index (χ1) is 17.1. The molecule has 0 spiro atoms. The molecule has 3 N–H and O–H groups in total. The van der Waals surface area contributed by atoms with Crippen LogP contribution in [0, 0.1) is 5.82 Å². The van der Waals surface area contributed by atoms with Crippen LogP contribution in [0.4, 0.5) is 10.1 Å². The van der Waals surface area contributed by atoms with Gasteiger partial charge in [0.15, 0.2) is 11.5 Å². The second-order valence-electron chi connectivity index (χ2n) is 8.55. The molecule has 8 nitrogen and oxygen atoms in total. The second kappa shape index (κ2) is 8.28. The van der Waals surface area contributed by atoms with Crippen LogP contribution in [-0.2, 0) is 0 Å². The number of hydrogen-bond donors (Lipinski definition) is 3. The first-order valence-corrected chi connectivity index (χ1v) is 11.2. The maximum Gasteiger partial charge on any atom is 0.161 e. The van der Waals surface area contributed by atoms with E-state index >= 15 is 0 Å². The van der Waals surface area contributed by atoms with E-state index in [9.17, 15) is 4.39 Å². The van der Waals surface area contributed by atoms with Crippen molar-refractivity contribution in [3.63, 3.8) is 0 Å². The molecule has 172 valence electrons. The highest BCUT2D eigenvalue weighted by atomic mass is 19.1. The third-order valence-electron chi connectivity index (χ3n) is 5.65. The number of pyridine rings is 3. The van der Waals surface area contributed by atoms with Crippen LogP contribution in [0.1, 0.15) is 13.8 Å². The fourth-order valence-electron chi connectivity index (χ4n) is 4.11. The minimum atomic E-state index is -0.351. The largest absolute Gasteiger partial charge is 0.382 e. The van der Waals surface area contributed by atoms with Gasteiger partial charge in [0, 0.05) is 35.8 Å². The van der Waals surface area contributed by atoms with E-state index in [2.05, 4.69) is 44.3 Å². The molecule has 0 unspecified atom stereocenters. The molecule has 6 rings (SSSR count). The zero-order valence-electron chi connectivity index (χ0n) is 19.0. The van der Waals surface area contributed by atoms with Gasteiger partial charge in [-0.05, 0) is 50.2 Å². The number of aromatic nitrogens is 7. The molecule has 0 atom stereocenters. The van der Waals surface area contributed by atoms with Crippen molar-refractivity contribution in [3.05, 3.63) is 72.9 Å². The normalized spacial score (nSPS) is 11.5. The van der Waals surface area contributed by atoms with Crippen molar-refractivity contribution in [2.75, 3.05) is 5.32 Å². The molecule has 0 fully saturated rings. The van der Waals surface area contributed by atoms with Gasteiger partial charge in [-0.3, -0.25) is 15.1 Å². The van der Waals surface area contributed by atoms with Crippen LogP contribution in [0.2, 0.25) is 0 Å². The zero-order chi connectivity index (χ0) is 23.9. The first kappa shape index (κ1) is 20.9. The number of benzene rings is 1. The van der Waals surface area contributed by atoms with Gasteiger partial charge in [-0.15, -0.1) is 0 Å². The summed E-state index contributed by atoms with van der Waals surface area (Å²) in [4.78, 5) is 21.7. The standard InChI is InChI=1S/C26H21FN8/c1-14(2)30-16-11-15(12-28-13-16)19-7-8-21-24(31-19)25(35-34-21)26-32-20-9-10-29-22(23(20)33-26)17-5-3-4-6-18(17)27/h3-14,30H,1-2H3,(H,32,33)(H,34,35). The van der Waals surface area contributed by atoms with E-state index in [1.807, 2.05) is 24.3 Å². The Morgan fingerprint density at radius 2 is 1.77 bits per heavy atom. The number of halogens is 1.